The first-order valence-corrected chi connectivity index (χ1v) is 9.82. The van der Waals surface area contributed by atoms with E-state index in [1.807, 2.05) is 0 Å². The van der Waals surface area contributed by atoms with Crippen molar-refractivity contribution in [2.45, 2.75) is 31.1 Å². The quantitative estimate of drug-likeness (QED) is 0.851. The summed E-state index contributed by atoms with van der Waals surface area (Å²) < 4.78 is 41.4. The topological polar surface area (TPSA) is 95.0 Å². The number of carbonyl (C=O) groups excluding carboxylic acids is 1. The van der Waals surface area contributed by atoms with Gasteiger partial charge in [-0.15, -0.1) is 0 Å². The molecule has 0 aliphatic carbocycles. The van der Waals surface area contributed by atoms with E-state index >= 15 is 0 Å². The lowest BCUT2D eigenvalue weighted by Gasteiger charge is -2.37. The molecule has 0 bridgehead atoms. The number of piperidine rings is 1. The standard InChI is InChI=1S/C17H21FN2O5S/c1-11-9-12(15(21)22)14(18)13(10-11)26(24,25)20-7-4-17(5-8-20)3-6-19(2)16(17)23/h9-10H,3-8H2,1-2H3,(H,21,22). The van der Waals surface area contributed by atoms with Crippen LogP contribution in [0.25, 0.3) is 0 Å². The van der Waals surface area contributed by atoms with Crippen LogP contribution in [0.3, 0.4) is 0 Å². The van der Waals surface area contributed by atoms with E-state index in [-0.39, 0.29) is 19.0 Å². The van der Waals surface area contributed by atoms with Gasteiger partial charge < -0.3 is 10.0 Å². The molecular weight excluding hydrogens is 363 g/mol. The van der Waals surface area contributed by atoms with Crippen LogP contribution in [0.5, 0.6) is 0 Å². The summed E-state index contributed by atoms with van der Waals surface area (Å²) in [6.07, 6.45) is 1.46. The summed E-state index contributed by atoms with van der Waals surface area (Å²) in [5.74, 6) is -2.73. The fourth-order valence-corrected chi connectivity index (χ4v) is 5.44. The first kappa shape index (κ1) is 18.8. The number of likely N-dealkylation sites (tertiary alicyclic amines) is 1. The van der Waals surface area contributed by atoms with Crippen molar-refractivity contribution in [3.05, 3.63) is 29.1 Å². The third-order valence-electron chi connectivity index (χ3n) is 5.44. The van der Waals surface area contributed by atoms with Gasteiger partial charge >= 0.3 is 5.97 Å². The number of carboxylic acids is 1. The van der Waals surface area contributed by atoms with Crippen LogP contribution >= 0.6 is 0 Å². The predicted octanol–water partition coefficient (Wildman–Crippen LogP) is 1.47. The van der Waals surface area contributed by atoms with Crippen molar-refractivity contribution < 1.29 is 27.5 Å². The Morgan fingerprint density at radius 2 is 1.77 bits per heavy atom. The molecule has 26 heavy (non-hydrogen) atoms. The van der Waals surface area contributed by atoms with Crippen molar-refractivity contribution in [1.29, 1.82) is 0 Å². The minimum absolute atomic E-state index is 0.0319. The van der Waals surface area contributed by atoms with Crippen molar-refractivity contribution >= 4 is 21.9 Å². The molecule has 9 heteroatoms. The normalized spacial score (nSPS) is 20.7. The molecule has 2 fully saturated rings. The number of aromatic carboxylic acids is 1. The number of nitrogens with zero attached hydrogens (tertiary/aromatic N) is 2. The van der Waals surface area contributed by atoms with E-state index in [4.69, 9.17) is 5.11 Å². The Bertz CT molecular complexity index is 875. The first-order chi connectivity index (χ1) is 12.1. The van der Waals surface area contributed by atoms with Gasteiger partial charge in [0, 0.05) is 26.7 Å². The summed E-state index contributed by atoms with van der Waals surface area (Å²) in [6.45, 7) is 2.39. The summed E-state index contributed by atoms with van der Waals surface area (Å²) in [7, 11) is -2.45. The second-order valence-electron chi connectivity index (χ2n) is 7.09. The summed E-state index contributed by atoms with van der Waals surface area (Å²) in [5.41, 5.74) is -0.842. The van der Waals surface area contributed by atoms with Gasteiger partial charge in [-0.3, -0.25) is 4.79 Å². The zero-order valence-corrected chi connectivity index (χ0v) is 15.5. The van der Waals surface area contributed by atoms with Crippen LogP contribution in [0.2, 0.25) is 0 Å². The Morgan fingerprint density at radius 1 is 1.19 bits per heavy atom. The first-order valence-electron chi connectivity index (χ1n) is 8.38. The number of sulfonamides is 1. The molecule has 1 aromatic rings. The average Bonchev–Trinajstić information content (AvgIpc) is 2.85. The fourth-order valence-electron chi connectivity index (χ4n) is 3.83. The molecule has 0 aromatic heterocycles. The molecule has 7 nitrogen and oxygen atoms in total. The molecule has 2 saturated heterocycles. The van der Waals surface area contributed by atoms with Crippen LogP contribution in [0.15, 0.2) is 17.0 Å². The van der Waals surface area contributed by atoms with E-state index in [0.29, 0.717) is 31.4 Å². The van der Waals surface area contributed by atoms with Gasteiger partial charge in [0.1, 0.15) is 4.90 Å². The van der Waals surface area contributed by atoms with Gasteiger partial charge in [-0.05, 0) is 43.9 Å². The molecule has 142 valence electrons. The third-order valence-corrected chi connectivity index (χ3v) is 7.34. The Kier molecular flexibility index (Phi) is 4.56. The second kappa shape index (κ2) is 6.31. The smallest absolute Gasteiger partial charge is 0.338 e. The number of hydrogen-bond acceptors (Lipinski definition) is 4. The van der Waals surface area contributed by atoms with E-state index in [2.05, 4.69) is 0 Å². The Morgan fingerprint density at radius 3 is 2.27 bits per heavy atom. The zero-order valence-electron chi connectivity index (χ0n) is 14.7. The molecule has 0 atom stereocenters. The Hall–Kier alpha value is -2.00. The minimum atomic E-state index is -4.18. The minimum Gasteiger partial charge on any atom is -0.478 e. The number of benzene rings is 1. The number of aryl methyl sites for hydroxylation is 1. The van der Waals surface area contributed by atoms with Crippen molar-refractivity contribution in [1.82, 2.24) is 9.21 Å². The molecule has 1 amide bonds. The van der Waals surface area contributed by atoms with Crippen molar-refractivity contribution in [3.63, 3.8) is 0 Å². The average molecular weight is 384 g/mol. The summed E-state index contributed by atoms with van der Waals surface area (Å²) in [4.78, 5) is 24.6. The summed E-state index contributed by atoms with van der Waals surface area (Å²) in [6, 6.07) is 2.25. The number of rotatable bonds is 3. The third kappa shape index (κ3) is 2.88. The zero-order chi connectivity index (χ0) is 19.3. The molecule has 2 heterocycles. The molecule has 0 radical (unpaired) electrons. The fraction of sp³-hybridized carbons (Fsp3) is 0.529. The lowest BCUT2D eigenvalue weighted by molar-refractivity contribution is -0.136. The van der Waals surface area contributed by atoms with Gasteiger partial charge in [-0.2, -0.15) is 4.31 Å². The van der Waals surface area contributed by atoms with Gasteiger partial charge in [-0.25, -0.2) is 17.6 Å². The molecule has 0 unspecified atom stereocenters. The van der Waals surface area contributed by atoms with Gasteiger partial charge in [0.25, 0.3) is 0 Å². The number of carbonyl (C=O) groups is 2. The second-order valence-corrected chi connectivity index (χ2v) is 9.00. The van der Waals surface area contributed by atoms with E-state index in [1.165, 1.54) is 6.92 Å². The van der Waals surface area contributed by atoms with Crippen molar-refractivity contribution in [3.8, 4) is 0 Å². The van der Waals surface area contributed by atoms with Gasteiger partial charge in [-0.1, -0.05) is 0 Å². The highest BCUT2D eigenvalue weighted by atomic mass is 32.2. The van der Waals surface area contributed by atoms with Crippen LogP contribution in [-0.2, 0) is 14.8 Å². The largest absolute Gasteiger partial charge is 0.478 e. The summed E-state index contributed by atoms with van der Waals surface area (Å²) >= 11 is 0. The Balaban J connectivity index is 1.89. The van der Waals surface area contributed by atoms with E-state index < -0.39 is 37.7 Å². The number of hydrogen-bond donors (Lipinski definition) is 1. The van der Waals surface area contributed by atoms with Gasteiger partial charge in [0.15, 0.2) is 5.82 Å². The monoisotopic (exact) mass is 384 g/mol. The lowest BCUT2D eigenvalue weighted by atomic mass is 9.78. The van der Waals surface area contributed by atoms with Crippen LogP contribution in [-0.4, -0.2) is 61.3 Å². The highest BCUT2D eigenvalue weighted by Gasteiger charge is 2.48. The molecule has 2 aliphatic rings. The number of amides is 1. The van der Waals surface area contributed by atoms with E-state index in [1.54, 1.807) is 11.9 Å². The van der Waals surface area contributed by atoms with Crippen molar-refractivity contribution in [2.75, 3.05) is 26.7 Å². The number of carboxylic acid groups (broad SMARTS) is 1. The number of halogens is 1. The SMILES string of the molecule is Cc1cc(C(=O)O)c(F)c(S(=O)(=O)N2CCC3(CCN(C)C3=O)CC2)c1. The molecule has 2 aliphatic heterocycles. The van der Waals surface area contributed by atoms with E-state index in [0.717, 1.165) is 16.4 Å². The Labute approximate surface area is 151 Å². The maximum absolute atomic E-state index is 14.5. The molecule has 3 rings (SSSR count). The highest BCUT2D eigenvalue weighted by molar-refractivity contribution is 7.89. The predicted molar refractivity (Wildman–Crippen MR) is 90.8 cm³/mol. The maximum Gasteiger partial charge on any atom is 0.338 e. The molecule has 1 aromatic carbocycles. The van der Waals surface area contributed by atoms with Crippen LogP contribution in [0.1, 0.15) is 35.2 Å². The van der Waals surface area contributed by atoms with Crippen LogP contribution in [0.4, 0.5) is 4.39 Å². The summed E-state index contributed by atoms with van der Waals surface area (Å²) in [5, 5.41) is 9.09. The van der Waals surface area contributed by atoms with E-state index in [9.17, 15) is 22.4 Å². The molecule has 0 saturated carbocycles. The molecular formula is C17H21FN2O5S. The van der Waals surface area contributed by atoms with Crippen molar-refractivity contribution in [2.24, 2.45) is 5.41 Å². The van der Waals surface area contributed by atoms with Gasteiger partial charge in [0.2, 0.25) is 15.9 Å². The maximum atomic E-state index is 14.5. The van der Waals surface area contributed by atoms with Crippen LogP contribution < -0.4 is 0 Å². The molecule has 1 spiro atoms. The molecule has 1 N–H and O–H groups in total. The van der Waals surface area contributed by atoms with Gasteiger partial charge in [0.05, 0.1) is 11.0 Å². The lowest BCUT2D eigenvalue weighted by Crippen LogP contribution is -2.46. The van der Waals surface area contributed by atoms with Crippen LogP contribution in [0, 0.1) is 18.2 Å². The highest BCUT2D eigenvalue weighted by Crippen LogP contribution is 2.42.